The van der Waals surface area contributed by atoms with Crippen molar-refractivity contribution in [2.24, 2.45) is 11.3 Å². The number of ether oxygens (including phenoxy) is 1. The Labute approximate surface area is 127 Å². The molecule has 1 aromatic carbocycles. The average Bonchev–Trinajstić information content (AvgIpc) is 2.46. The van der Waals surface area contributed by atoms with Gasteiger partial charge in [-0.3, -0.25) is 4.79 Å². The van der Waals surface area contributed by atoms with E-state index in [4.69, 9.17) is 4.74 Å². The smallest absolute Gasteiger partial charge is 0.245 e. The van der Waals surface area contributed by atoms with Crippen LogP contribution in [0.4, 0.5) is 5.69 Å². The van der Waals surface area contributed by atoms with Gasteiger partial charge < -0.3 is 10.1 Å². The zero-order chi connectivity index (χ0) is 15.9. The van der Waals surface area contributed by atoms with Crippen molar-refractivity contribution in [1.29, 1.82) is 5.26 Å². The van der Waals surface area contributed by atoms with E-state index in [1.54, 1.807) is 12.1 Å². The number of nitrogens with zero attached hydrogens (tertiary/aromatic N) is 1. The minimum Gasteiger partial charge on any atom is -0.494 e. The Hall–Kier alpha value is -2.02. The summed E-state index contributed by atoms with van der Waals surface area (Å²) in [5, 5.41) is 12.4. The van der Waals surface area contributed by atoms with Crippen LogP contribution in [-0.2, 0) is 4.79 Å². The van der Waals surface area contributed by atoms with Gasteiger partial charge in [-0.15, -0.1) is 0 Å². The highest BCUT2D eigenvalue weighted by Crippen LogP contribution is 2.34. The maximum atomic E-state index is 12.5. The van der Waals surface area contributed by atoms with E-state index >= 15 is 0 Å². The fourth-order valence-electron chi connectivity index (χ4n) is 2.34. The number of benzene rings is 1. The number of nitrogens with one attached hydrogen (secondary N) is 1. The summed E-state index contributed by atoms with van der Waals surface area (Å²) in [5.41, 5.74) is -0.298. The summed E-state index contributed by atoms with van der Waals surface area (Å²) >= 11 is 0. The van der Waals surface area contributed by atoms with Crippen LogP contribution in [0.3, 0.4) is 0 Å². The predicted molar refractivity (Wildman–Crippen MR) is 84.0 cm³/mol. The van der Waals surface area contributed by atoms with Gasteiger partial charge in [-0.05, 0) is 43.5 Å². The van der Waals surface area contributed by atoms with Gasteiger partial charge in [0.1, 0.15) is 11.2 Å². The second kappa shape index (κ2) is 7.68. The highest BCUT2D eigenvalue weighted by Gasteiger charge is 2.41. The summed E-state index contributed by atoms with van der Waals surface area (Å²) in [7, 11) is 0. The zero-order valence-electron chi connectivity index (χ0n) is 13.3. The third-order valence-electron chi connectivity index (χ3n) is 3.66. The monoisotopic (exact) mass is 288 g/mol. The maximum absolute atomic E-state index is 12.5. The molecule has 4 heteroatoms. The first kappa shape index (κ1) is 17.0. The molecule has 0 saturated heterocycles. The molecule has 1 atom stereocenters. The van der Waals surface area contributed by atoms with Crippen molar-refractivity contribution >= 4 is 11.6 Å². The third kappa shape index (κ3) is 3.98. The van der Waals surface area contributed by atoms with Gasteiger partial charge in [0.25, 0.3) is 0 Å². The van der Waals surface area contributed by atoms with Crippen molar-refractivity contribution in [1.82, 2.24) is 0 Å². The lowest BCUT2D eigenvalue weighted by Crippen LogP contribution is -2.39. The molecule has 1 rings (SSSR count). The first-order chi connectivity index (χ1) is 10.00. The topological polar surface area (TPSA) is 62.1 Å². The minimum absolute atomic E-state index is 0.0369. The largest absolute Gasteiger partial charge is 0.494 e. The van der Waals surface area contributed by atoms with Crippen LogP contribution in [0.15, 0.2) is 24.3 Å². The molecule has 0 saturated carbocycles. The number of hydrogen-bond acceptors (Lipinski definition) is 3. The molecule has 0 spiro atoms. The van der Waals surface area contributed by atoms with Gasteiger partial charge in [0.05, 0.1) is 12.7 Å². The van der Waals surface area contributed by atoms with Crippen LogP contribution in [0.1, 0.15) is 40.5 Å². The molecule has 0 aliphatic heterocycles. The maximum Gasteiger partial charge on any atom is 0.245 e. The van der Waals surface area contributed by atoms with Crippen LogP contribution < -0.4 is 10.1 Å². The minimum atomic E-state index is -0.979. The van der Waals surface area contributed by atoms with E-state index in [0.29, 0.717) is 18.7 Å². The zero-order valence-corrected chi connectivity index (χ0v) is 13.3. The summed E-state index contributed by atoms with van der Waals surface area (Å²) in [6.07, 6.45) is 1.35. The predicted octanol–water partition coefficient (Wildman–Crippen LogP) is 3.99. The average molecular weight is 288 g/mol. The van der Waals surface area contributed by atoms with Crippen LogP contribution in [0.25, 0.3) is 0 Å². The molecule has 0 radical (unpaired) electrons. The molecule has 114 valence electrons. The molecule has 0 heterocycles. The van der Waals surface area contributed by atoms with Crippen molar-refractivity contribution in [2.45, 2.75) is 40.5 Å². The molecule has 0 bridgehead atoms. The number of hydrogen-bond donors (Lipinski definition) is 1. The molecule has 4 nitrogen and oxygen atoms in total. The van der Waals surface area contributed by atoms with Gasteiger partial charge in [0.15, 0.2) is 0 Å². The quantitative estimate of drug-likeness (QED) is 0.825. The van der Waals surface area contributed by atoms with Gasteiger partial charge in [0, 0.05) is 5.69 Å². The molecule has 21 heavy (non-hydrogen) atoms. The lowest BCUT2D eigenvalue weighted by molar-refractivity contribution is -0.125. The van der Waals surface area contributed by atoms with E-state index in [2.05, 4.69) is 11.4 Å². The van der Waals surface area contributed by atoms with E-state index in [0.717, 1.165) is 12.2 Å². The summed E-state index contributed by atoms with van der Waals surface area (Å²) in [4.78, 5) is 12.5. The SMILES string of the molecule is CCC[C@@](C#N)(C(=O)Nc1ccc(OCC)cc1)C(C)C. The standard InChI is InChI=1S/C17H24N2O2/c1-5-11-17(12-18,13(3)4)16(20)19-14-7-9-15(10-8-14)21-6-2/h7-10,13H,5-6,11H2,1-4H3,(H,19,20)/t17-/m0/s1. The molecular weight excluding hydrogens is 264 g/mol. The van der Waals surface area contributed by atoms with Crippen molar-refractivity contribution in [3.63, 3.8) is 0 Å². The van der Waals surface area contributed by atoms with Crippen molar-refractivity contribution in [3.8, 4) is 11.8 Å². The highest BCUT2D eigenvalue weighted by atomic mass is 16.5. The molecule has 0 aliphatic carbocycles. The van der Waals surface area contributed by atoms with E-state index in [1.165, 1.54) is 0 Å². The summed E-state index contributed by atoms with van der Waals surface area (Å²) in [6, 6.07) is 9.42. The number of amides is 1. The molecule has 0 aromatic heterocycles. The second-order valence-corrected chi connectivity index (χ2v) is 5.40. The Balaban J connectivity index is 2.89. The lowest BCUT2D eigenvalue weighted by Gasteiger charge is -2.29. The lowest BCUT2D eigenvalue weighted by atomic mass is 9.74. The van der Waals surface area contributed by atoms with Crippen molar-refractivity contribution < 1.29 is 9.53 Å². The number of anilines is 1. The highest BCUT2D eigenvalue weighted by molar-refractivity contribution is 5.97. The number of carbonyl (C=O) groups is 1. The molecular formula is C17H24N2O2. The normalized spacial score (nSPS) is 13.3. The first-order valence-corrected chi connectivity index (χ1v) is 7.45. The fraction of sp³-hybridized carbons (Fsp3) is 0.529. The molecule has 0 aliphatic rings. The Morgan fingerprint density at radius 2 is 1.95 bits per heavy atom. The molecule has 0 unspecified atom stereocenters. The first-order valence-electron chi connectivity index (χ1n) is 7.45. The van der Waals surface area contributed by atoms with E-state index in [1.807, 2.05) is 39.8 Å². The Bertz CT molecular complexity index is 503. The van der Waals surface area contributed by atoms with Crippen LogP contribution in [0, 0.1) is 22.7 Å². The van der Waals surface area contributed by atoms with Gasteiger partial charge in [-0.1, -0.05) is 27.2 Å². The Kier molecular flexibility index (Phi) is 6.23. The van der Waals surface area contributed by atoms with Crippen molar-refractivity contribution in [3.05, 3.63) is 24.3 Å². The van der Waals surface area contributed by atoms with Crippen LogP contribution in [0.2, 0.25) is 0 Å². The van der Waals surface area contributed by atoms with Crippen LogP contribution in [0.5, 0.6) is 5.75 Å². The van der Waals surface area contributed by atoms with E-state index in [-0.39, 0.29) is 11.8 Å². The third-order valence-corrected chi connectivity index (χ3v) is 3.66. The number of nitriles is 1. The van der Waals surface area contributed by atoms with Gasteiger partial charge in [-0.2, -0.15) is 5.26 Å². The summed E-state index contributed by atoms with van der Waals surface area (Å²) in [6.45, 7) is 8.34. The Morgan fingerprint density at radius 3 is 2.38 bits per heavy atom. The second-order valence-electron chi connectivity index (χ2n) is 5.40. The number of carbonyl (C=O) groups excluding carboxylic acids is 1. The van der Waals surface area contributed by atoms with E-state index < -0.39 is 5.41 Å². The molecule has 1 aromatic rings. The van der Waals surface area contributed by atoms with Gasteiger partial charge in [0.2, 0.25) is 5.91 Å². The van der Waals surface area contributed by atoms with Crippen LogP contribution in [-0.4, -0.2) is 12.5 Å². The Morgan fingerprint density at radius 1 is 1.33 bits per heavy atom. The molecule has 1 amide bonds. The summed E-state index contributed by atoms with van der Waals surface area (Å²) in [5.74, 6) is 0.496. The fourth-order valence-corrected chi connectivity index (χ4v) is 2.34. The number of rotatable bonds is 7. The van der Waals surface area contributed by atoms with E-state index in [9.17, 15) is 10.1 Å². The summed E-state index contributed by atoms with van der Waals surface area (Å²) < 4.78 is 5.37. The van der Waals surface area contributed by atoms with Gasteiger partial charge >= 0.3 is 0 Å². The molecule has 0 fully saturated rings. The van der Waals surface area contributed by atoms with Crippen molar-refractivity contribution in [2.75, 3.05) is 11.9 Å². The van der Waals surface area contributed by atoms with Crippen LogP contribution >= 0.6 is 0 Å². The molecule has 1 N–H and O–H groups in total. The van der Waals surface area contributed by atoms with Gasteiger partial charge in [-0.25, -0.2) is 0 Å².